The average Bonchev–Trinajstić information content (AvgIpc) is 2.29. The standard InChI is InChI=1S/C10H10FIN2O4/c1-5(10(15)16)13(2)8-3-6(11)7(12)4-9(8)14(17)18/h3-5H,1-2H3,(H,15,16). The fourth-order valence-corrected chi connectivity index (χ4v) is 1.78. The van der Waals surface area contributed by atoms with Crippen LogP contribution in [0, 0.1) is 19.5 Å². The molecule has 1 rings (SSSR count). The number of nitrogens with zero attached hydrogens (tertiary/aromatic N) is 2. The first-order chi connectivity index (χ1) is 8.25. The van der Waals surface area contributed by atoms with Gasteiger partial charge in [0.2, 0.25) is 0 Å². The SMILES string of the molecule is CC(C(=O)O)N(C)c1cc(F)c(I)cc1[N+](=O)[O-]. The molecule has 0 aromatic heterocycles. The van der Waals surface area contributed by atoms with Crippen molar-refractivity contribution >= 4 is 39.9 Å². The van der Waals surface area contributed by atoms with Crippen molar-refractivity contribution in [1.29, 1.82) is 0 Å². The molecule has 0 saturated heterocycles. The van der Waals surface area contributed by atoms with Crippen LogP contribution < -0.4 is 4.90 Å². The van der Waals surface area contributed by atoms with E-state index in [1.165, 1.54) is 14.0 Å². The van der Waals surface area contributed by atoms with Crippen LogP contribution in [-0.4, -0.2) is 29.1 Å². The van der Waals surface area contributed by atoms with Gasteiger partial charge in [0.1, 0.15) is 17.5 Å². The number of aliphatic carboxylic acids is 1. The summed E-state index contributed by atoms with van der Waals surface area (Å²) in [4.78, 5) is 22.2. The van der Waals surface area contributed by atoms with Crippen molar-refractivity contribution in [3.05, 3.63) is 31.6 Å². The summed E-state index contributed by atoms with van der Waals surface area (Å²) in [5.74, 6) is -1.77. The van der Waals surface area contributed by atoms with Crippen LogP contribution >= 0.6 is 22.6 Å². The summed E-state index contributed by atoms with van der Waals surface area (Å²) in [5, 5.41) is 19.7. The molecule has 0 heterocycles. The number of likely N-dealkylation sites (N-methyl/N-ethyl adjacent to an activating group) is 1. The molecule has 0 saturated carbocycles. The molecule has 0 aliphatic heterocycles. The van der Waals surface area contributed by atoms with E-state index in [0.717, 1.165) is 17.0 Å². The van der Waals surface area contributed by atoms with E-state index >= 15 is 0 Å². The quantitative estimate of drug-likeness (QED) is 0.501. The van der Waals surface area contributed by atoms with Gasteiger partial charge in [0, 0.05) is 19.2 Å². The molecular weight excluding hydrogens is 358 g/mol. The highest BCUT2D eigenvalue weighted by molar-refractivity contribution is 14.1. The largest absolute Gasteiger partial charge is 0.480 e. The second kappa shape index (κ2) is 5.46. The molecule has 0 aliphatic carbocycles. The number of carboxylic acids is 1. The highest BCUT2D eigenvalue weighted by Crippen LogP contribution is 2.32. The molecule has 1 aromatic rings. The van der Waals surface area contributed by atoms with Crippen LogP contribution in [0.25, 0.3) is 0 Å². The van der Waals surface area contributed by atoms with Gasteiger partial charge >= 0.3 is 5.97 Å². The minimum Gasteiger partial charge on any atom is -0.480 e. The van der Waals surface area contributed by atoms with Crippen LogP contribution in [-0.2, 0) is 4.79 Å². The van der Waals surface area contributed by atoms with Crippen LogP contribution in [0.5, 0.6) is 0 Å². The van der Waals surface area contributed by atoms with Gasteiger partial charge in [0.05, 0.1) is 8.49 Å². The number of benzene rings is 1. The lowest BCUT2D eigenvalue weighted by Gasteiger charge is -2.23. The van der Waals surface area contributed by atoms with Gasteiger partial charge in [0.25, 0.3) is 5.69 Å². The molecule has 1 aromatic carbocycles. The first kappa shape index (κ1) is 14.6. The molecule has 0 spiro atoms. The Labute approximate surface area is 116 Å². The zero-order valence-corrected chi connectivity index (χ0v) is 11.7. The lowest BCUT2D eigenvalue weighted by molar-refractivity contribution is -0.384. The molecule has 18 heavy (non-hydrogen) atoms. The second-order valence-electron chi connectivity index (χ2n) is 3.64. The lowest BCUT2D eigenvalue weighted by atomic mass is 10.2. The Morgan fingerprint density at radius 1 is 1.61 bits per heavy atom. The topological polar surface area (TPSA) is 83.7 Å². The van der Waals surface area contributed by atoms with E-state index in [2.05, 4.69) is 0 Å². The third kappa shape index (κ3) is 2.86. The first-order valence-corrected chi connectivity index (χ1v) is 5.92. The third-order valence-corrected chi connectivity index (χ3v) is 3.36. The van der Waals surface area contributed by atoms with Gasteiger partial charge < -0.3 is 10.0 Å². The van der Waals surface area contributed by atoms with Crippen LogP contribution in [0.1, 0.15) is 6.92 Å². The van der Waals surface area contributed by atoms with Gasteiger partial charge in [0.15, 0.2) is 0 Å². The van der Waals surface area contributed by atoms with Crippen LogP contribution in [0.15, 0.2) is 12.1 Å². The number of carboxylic acid groups (broad SMARTS) is 1. The second-order valence-corrected chi connectivity index (χ2v) is 4.80. The molecule has 0 aliphatic rings. The molecule has 0 bridgehead atoms. The van der Waals surface area contributed by atoms with Gasteiger partial charge in [-0.15, -0.1) is 0 Å². The average molecular weight is 368 g/mol. The number of carbonyl (C=O) groups is 1. The summed E-state index contributed by atoms with van der Waals surface area (Å²) < 4.78 is 13.6. The monoisotopic (exact) mass is 368 g/mol. The zero-order valence-electron chi connectivity index (χ0n) is 9.55. The maximum absolute atomic E-state index is 13.4. The molecule has 6 nitrogen and oxygen atoms in total. The number of hydrogen-bond donors (Lipinski definition) is 1. The lowest BCUT2D eigenvalue weighted by Crippen LogP contribution is -2.36. The highest BCUT2D eigenvalue weighted by atomic mass is 127. The van der Waals surface area contributed by atoms with E-state index < -0.39 is 22.8 Å². The van der Waals surface area contributed by atoms with Crippen LogP contribution in [0.2, 0.25) is 0 Å². The first-order valence-electron chi connectivity index (χ1n) is 4.84. The van der Waals surface area contributed by atoms with Crippen molar-refractivity contribution in [3.63, 3.8) is 0 Å². The van der Waals surface area contributed by atoms with E-state index in [-0.39, 0.29) is 14.9 Å². The van der Waals surface area contributed by atoms with Crippen LogP contribution in [0.3, 0.4) is 0 Å². The van der Waals surface area contributed by atoms with Crippen molar-refractivity contribution in [2.24, 2.45) is 0 Å². The van der Waals surface area contributed by atoms with E-state index in [1.54, 1.807) is 22.6 Å². The summed E-state index contributed by atoms with van der Waals surface area (Å²) in [6.45, 7) is 1.36. The minimum absolute atomic E-state index is 0.0622. The van der Waals surface area contributed by atoms with E-state index in [9.17, 15) is 19.3 Å². The van der Waals surface area contributed by atoms with E-state index in [4.69, 9.17) is 5.11 Å². The highest BCUT2D eigenvalue weighted by Gasteiger charge is 2.26. The number of anilines is 1. The fourth-order valence-electron chi connectivity index (χ4n) is 1.33. The molecule has 1 N–H and O–H groups in total. The Morgan fingerprint density at radius 3 is 2.61 bits per heavy atom. The molecular formula is C10H10FIN2O4. The summed E-state index contributed by atoms with van der Waals surface area (Å²) >= 11 is 1.64. The predicted molar refractivity (Wildman–Crippen MR) is 71.3 cm³/mol. The molecule has 8 heteroatoms. The van der Waals surface area contributed by atoms with Crippen molar-refractivity contribution in [2.75, 3.05) is 11.9 Å². The van der Waals surface area contributed by atoms with Gasteiger partial charge in [-0.2, -0.15) is 0 Å². The predicted octanol–water partition coefficient (Wildman–Crippen LogP) is 2.25. The molecule has 1 atom stereocenters. The minimum atomic E-state index is -1.15. The van der Waals surface area contributed by atoms with Gasteiger partial charge in [-0.1, -0.05) is 0 Å². The van der Waals surface area contributed by atoms with E-state index in [0.29, 0.717) is 0 Å². The summed E-state index contributed by atoms with van der Waals surface area (Å²) in [6.07, 6.45) is 0. The van der Waals surface area contributed by atoms with Crippen molar-refractivity contribution in [3.8, 4) is 0 Å². The Balaban J connectivity index is 3.34. The van der Waals surface area contributed by atoms with Crippen molar-refractivity contribution in [1.82, 2.24) is 0 Å². The Bertz CT molecular complexity index is 509. The molecule has 0 radical (unpaired) electrons. The maximum atomic E-state index is 13.4. The Hall–Kier alpha value is -1.45. The molecule has 0 fully saturated rings. The molecule has 1 unspecified atom stereocenters. The number of rotatable bonds is 4. The number of nitro groups is 1. The Kier molecular flexibility index (Phi) is 4.43. The van der Waals surface area contributed by atoms with Gasteiger partial charge in [-0.3, -0.25) is 10.1 Å². The maximum Gasteiger partial charge on any atom is 0.326 e. The molecule has 98 valence electrons. The number of hydrogen-bond acceptors (Lipinski definition) is 4. The fraction of sp³-hybridized carbons (Fsp3) is 0.300. The number of halogens is 2. The van der Waals surface area contributed by atoms with Crippen molar-refractivity contribution in [2.45, 2.75) is 13.0 Å². The van der Waals surface area contributed by atoms with Crippen LogP contribution in [0.4, 0.5) is 15.8 Å². The van der Waals surface area contributed by atoms with Gasteiger partial charge in [-0.05, 0) is 29.5 Å². The Morgan fingerprint density at radius 2 is 2.17 bits per heavy atom. The summed E-state index contributed by atoms with van der Waals surface area (Å²) in [7, 11) is 1.37. The summed E-state index contributed by atoms with van der Waals surface area (Å²) in [5.41, 5.74) is -0.385. The smallest absolute Gasteiger partial charge is 0.326 e. The van der Waals surface area contributed by atoms with Gasteiger partial charge in [-0.25, -0.2) is 9.18 Å². The zero-order chi connectivity index (χ0) is 14.0. The normalized spacial score (nSPS) is 12.0. The molecule has 0 amide bonds. The van der Waals surface area contributed by atoms with E-state index in [1.807, 2.05) is 0 Å². The summed E-state index contributed by atoms with van der Waals surface area (Å²) in [6, 6.07) is 1.05. The number of nitro benzene ring substituents is 1. The van der Waals surface area contributed by atoms with Crippen molar-refractivity contribution < 1.29 is 19.2 Å². The third-order valence-electron chi connectivity index (χ3n) is 2.53.